The Labute approximate surface area is 130 Å². The van der Waals surface area contributed by atoms with Gasteiger partial charge in [-0.25, -0.2) is 17.5 Å². The van der Waals surface area contributed by atoms with E-state index < -0.39 is 21.4 Å². The van der Waals surface area contributed by atoms with Crippen molar-refractivity contribution in [1.29, 1.82) is 5.26 Å². The number of hydrogen-bond donors (Lipinski definition) is 2. The van der Waals surface area contributed by atoms with Gasteiger partial charge in [0.2, 0.25) is 10.0 Å². The van der Waals surface area contributed by atoms with E-state index in [0.717, 1.165) is 12.5 Å². The quantitative estimate of drug-likeness (QED) is 0.764. The summed E-state index contributed by atoms with van der Waals surface area (Å²) in [6, 6.07) is 5.08. The lowest BCUT2D eigenvalue weighted by atomic mass is 9.95. The minimum Gasteiger partial charge on any atom is -0.396 e. The molecule has 0 aliphatic heterocycles. The van der Waals surface area contributed by atoms with Gasteiger partial charge in [-0.2, -0.15) is 5.26 Å². The van der Waals surface area contributed by atoms with Crippen LogP contribution in [0.25, 0.3) is 0 Å². The number of aliphatic hydroxyl groups is 1. The van der Waals surface area contributed by atoms with Crippen molar-refractivity contribution < 1.29 is 17.9 Å². The van der Waals surface area contributed by atoms with E-state index >= 15 is 0 Å². The molecule has 0 fully saturated rings. The summed E-state index contributed by atoms with van der Waals surface area (Å²) < 4.78 is 40.5. The number of aliphatic hydroxyl groups excluding tert-OH is 1. The highest BCUT2D eigenvalue weighted by molar-refractivity contribution is 7.89. The standard InChI is InChI=1S/C15H21FN2O3S/c1-11(2)8-12(6-7-19)10-18-22(20,21)15-5-3-4-14(16)13(15)9-17/h3-5,11-12,18-19H,6-8,10H2,1-2H3. The van der Waals surface area contributed by atoms with Crippen molar-refractivity contribution in [3.05, 3.63) is 29.6 Å². The van der Waals surface area contributed by atoms with Crippen LogP contribution in [0, 0.1) is 29.0 Å². The highest BCUT2D eigenvalue weighted by Crippen LogP contribution is 2.19. The van der Waals surface area contributed by atoms with Gasteiger partial charge in [0.05, 0.1) is 0 Å². The molecule has 5 nitrogen and oxygen atoms in total. The molecule has 0 spiro atoms. The molecule has 0 aliphatic carbocycles. The Hall–Kier alpha value is -1.49. The third kappa shape index (κ3) is 5.05. The second-order valence-corrected chi connectivity index (χ2v) is 7.32. The van der Waals surface area contributed by atoms with E-state index in [1.54, 1.807) is 6.07 Å². The van der Waals surface area contributed by atoms with Crippen LogP contribution in [0.3, 0.4) is 0 Å². The van der Waals surface area contributed by atoms with Crippen molar-refractivity contribution in [3.8, 4) is 6.07 Å². The van der Waals surface area contributed by atoms with Gasteiger partial charge in [0.15, 0.2) is 0 Å². The number of halogens is 1. The Bertz CT molecular complexity index is 639. The van der Waals surface area contributed by atoms with Crippen molar-refractivity contribution in [3.63, 3.8) is 0 Å². The molecule has 0 saturated heterocycles. The summed E-state index contributed by atoms with van der Waals surface area (Å²) >= 11 is 0. The molecule has 1 aromatic rings. The maximum Gasteiger partial charge on any atom is 0.242 e. The van der Waals surface area contributed by atoms with E-state index in [9.17, 15) is 12.8 Å². The molecule has 0 radical (unpaired) electrons. The molecule has 122 valence electrons. The van der Waals surface area contributed by atoms with Gasteiger partial charge < -0.3 is 5.11 Å². The molecular weight excluding hydrogens is 307 g/mol. The van der Waals surface area contributed by atoms with Crippen LogP contribution in [-0.2, 0) is 10.0 Å². The summed E-state index contributed by atoms with van der Waals surface area (Å²) in [6.07, 6.45) is 1.24. The predicted molar refractivity (Wildman–Crippen MR) is 81.0 cm³/mol. The third-order valence-corrected chi connectivity index (χ3v) is 4.75. The van der Waals surface area contributed by atoms with E-state index in [2.05, 4.69) is 4.72 Å². The lowest BCUT2D eigenvalue weighted by Crippen LogP contribution is -2.31. The zero-order chi connectivity index (χ0) is 16.8. The minimum atomic E-state index is -3.97. The zero-order valence-electron chi connectivity index (χ0n) is 12.7. The summed E-state index contributed by atoms with van der Waals surface area (Å²) in [5.41, 5.74) is -0.488. The van der Waals surface area contributed by atoms with Crippen LogP contribution in [0.15, 0.2) is 23.1 Å². The molecule has 2 N–H and O–H groups in total. The summed E-state index contributed by atoms with van der Waals surface area (Å²) in [7, 11) is -3.97. The Morgan fingerprint density at radius 1 is 1.41 bits per heavy atom. The molecular formula is C15H21FN2O3S. The van der Waals surface area contributed by atoms with Gasteiger partial charge >= 0.3 is 0 Å². The molecule has 0 bridgehead atoms. The number of rotatable bonds is 8. The van der Waals surface area contributed by atoms with Gasteiger partial charge in [-0.15, -0.1) is 0 Å². The first-order valence-electron chi connectivity index (χ1n) is 7.11. The highest BCUT2D eigenvalue weighted by atomic mass is 32.2. The normalized spacial score (nSPS) is 13.1. The Morgan fingerprint density at radius 3 is 2.64 bits per heavy atom. The maximum atomic E-state index is 13.5. The molecule has 1 unspecified atom stereocenters. The minimum absolute atomic E-state index is 0.0149. The first kappa shape index (κ1) is 18.6. The van der Waals surface area contributed by atoms with Crippen molar-refractivity contribution >= 4 is 10.0 Å². The predicted octanol–water partition coefficient (Wildman–Crippen LogP) is 2.02. The van der Waals surface area contributed by atoms with Crippen LogP contribution in [0.5, 0.6) is 0 Å². The van der Waals surface area contributed by atoms with E-state index in [1.807, 2.05) is 13.8 Å². The first-order valence-corrected chi connectivity index (χ1v) is 8.59. The van der Waals surface area contributed by atoms with Gasteiger partial charge in [-0.3, -0.25) is 0 Å². The number of benzene rings is 1. The molecule has 0 saturated carbocycles. The smallest absolute Gasteiger partial charge is 0.242 e. The molecule has 0 heterocycles. The van der Waals surface area contributed by atoms with Crippen LogP contribution in [-0.4, -0.2) is 26.7 Å². The fourth-order valence-electron chi connectivity index (χ4n) is 2.29. The Balaban J connectivity index is 2.92. The van der Waals surface area contributed by atoms with Crippen LogP contribution in [0.1, 0.15) is 32.3 Å². The summed E-state index contributed by atoms with van der Waals surface area (Å²) in [5, 5.41) is 18.0. The van der Waals surface area contributed by atoms with Gasteiger partial charge in [0.1, 0.15) is 22.3 Å². The van der Waals surface area contributed by atoms with Crippen LogP contribution >= 0.6 is 0 Å². The fourth-order valence-corrected chi connectivity index (χ4v) is 3.57. The second kappa shape index (κ2) is 8.22. The van der Waals surface area contributed by atoms with Crippen molar-refractivity contribution in [1.82, 2.24) is 4.72 Å². The van der Waals surface area contributed by atoms with Gasteiger partial charge in [0, 0.05) is 13.2 Å². The number of hydrogen-bond acceptors (Lipinski definition) is 4. The van der Waals surface area contributed by atoms with Crippen molar-refractivity contribution in [2.45, 2.75) is 31.6 Å². The maximum absolute atomic E-state index is 13.5. The number of nitrogens with one attached hydrogen (secondary N) is 1. The summed E-state index contributed by atoms with van der Waals surface area (Å²) in [6.45, 7) is 4.14. The van der Waals surface area contributed by atoms with Gasteiger partial charge in [-0.1, -0.05) is 19.9 Å². The average molecular weight is 328 g/mol. The molecule has 7 heteroatoms. The topological polar surface area (TPSA) is 90.2 Å². The van der Waals surface area contributed by atoms with E-state index in [0.29, 0.717) is 12.3 Å². The number of nitriles is 1. The van der Waals surface area contributed by atoms with E-state index in [4.69, 9.17) is 10.4 Å². The Morgan fingerprint density at radius 2 is 2.09 bits per heavy atom. The molecule has 22 heavy (non-hydrogen) atoms. The molecule has 0 aliphatic rings. The second-order valence-electron chi connectivity index (χ2n) is 5.58. The highest BCUT2D eigenvalue weighted by Gasteiger charge is 2.22. The Kier molecular flexibility index (Phi) is 6.94. The van der Waals surface area contributed by atoms with Gasteiger partial charge in [0.25, 0.3) is 0 Å². The molecule has 0 aromatic heterocycles. The number of nitrogens with zero attached hydrogens (tertiary/aromatic N) is 1. The molecule has 1 rings (SSSR count). The average Bonchev–Trinajstić information content (AvgIpc) is 2.44. The zero-order valence-corrected chi connectivity index (χ0v) is 13.5. The lowest BCUT2D eigenvalue weighted by molar-refractivity contribution is 0.243. The monoisotopic (exact) mass is 328 g/mol. The molecule has 0 amide bonds. The van der Waals surface area contributed by atoms with E-state index in [1.165, 1.54) is 12.1 Å². The fraction of sp³-hybridized carbons (Fsp3) is 0.533. The summed E-state index contributed by atoms with van der Waals surface area (Å²) in [4.78, 5) is -0.359. The van der Waals surface area contributed by atoms with Crippen LogP contribution in [0.4, 0.5) is 4.39 Å². The number of sulfonamides is 1. The van der Waals surface area contributed by atoms with Crippen molar-refractivity contribution in [2.75, 3.05) is 13.2 Å². The lowest BCUT2D eigenvalue weighted by Gasteiger charge is -2.19. The van der Waals surface area contributed by atoms with Crippen LogP contribution in [0.2, 0.25) is 0 Å². The molecule has 1 atom stereocenters. The van der Waals surface area contributed by atoms with Crippen molar-refractivity contribution in [2.24, 2.45) is 11.8 Å². The van der Waals surface area contributed by atoms with Crippen LogP contribution < -0.4 is 4.72 Å². The first-order chi connectivity index (χ1) is 10.3. The SMILES string of the molecule is CC(C)CC(CCO)CNS(=O)(=O)c1cccc(F)c1C#N. The molecule has 1 aromatic carbocycles. The van der Waals surface area contributed by atoms with Gasteiger partial charge in [-0.05, 0) is 36.8 Å². The summed E-state index contributed by atoms with van der Waals surface area (Å²) in [5.74, 6) is -0.511. The third-order valence-electron chi connectivity index (χ3n) is 3.28. The largest absolute Gasteiger partial charge is 0.396 e. The van der Waals surface area contributed by atoms with E-state index in [-0.39, 0.29) is 24.0 Å².